The van der Waals surface area contributed by atoms with Gasteiger partial charge < -0.3 is 15.5 Å². The molecule has 1 saturated heterocycles. The molecule has 16 heavy (non-hydrogen) atoms. The Hall–Kier alpha value is -1.07. The monoisotopic (exact) mass is 241 g/mol. The van der Waals surface area contributed by atoms with Gasteiger partial charge in [-0.05, 0) is 6.54 Å². The van der Waals surface area contributed by atoms with Crippen LogP contribution in [0.3, 0.4) is 0 Å². The smallest absolute Gasteiger partial charge is 0.153 e. The van der Waals surface area contributed by atoms with Crippen LogP contribution in [-0.2, 0) is 0 Å². The summed E-state index contributed by atoms with van der Waals surface area (Å²) in [4.78, 5) is 12.6. The van der Waals surface area contributed by atoms with Crippen LogP contribution in [0.25, 0.3) is 0 Å². The fourth-order valence-corrected chi connectivity index (χ4v) is 2.09. The molecule has 0 unspecified atom stereocenters. The zero-order valence-electron chi connectivity index (χ0n) is 9.36. The maximum Gasteiger partial charge on any atom is 0.153 e. The molecule has 2 N–H and O–H groups in total. The Morgan fingerprint density at radius 1 is 1.31 bits per heavy atom. The number of piperazine rings is 1. The first-order valence-electron chi connectivity index (χ1n) is 5.45. The van der Waals surface area contributed by atoms with Crippen LogP contribution < -0.4 is 10.6 Å². The Balaban J connectivity index is 2.11. The van der Waals surface area contributed by atoms with Gasteiger partial charge in [0.1, 0.15) is 17.2 Å². The van der Waals surface area contributed by atoms with E-state index in [0.717, 1.165) is 38.5 Å². The highest BCUT2D eigenvalue weighted by Gasteiger charge is 2.19. The third-order valence-electron chi connectivity index (χ3n) is 2.92. The molecule has 0 spiro atoms. The predicted molar refractivity (Wildman–Crippen MR) is 65.8 cm³/mol. The van der Waals surface area contributed by atoms with Crippen molar-refractivity contribution in [3.8, 4) is 0 Å². The van der Waals surface area contributed by atoms with E-state index in [4.69, 9.17) is 17.3 Å². The van der Waals surface area contributed by atoms with Gasteiger partial charge in [-0.1, -0.05) is 18.5 Å². The van der Waals surface area contributed by atoms with Crippen LogP contribution >= 0.6 is 11.6 Å². The van der Waals surface area contributed by atoms with Gasteiger partial charge in [0.25, 0.3) is 0 Å². The minimum absolute atomic E-state index is 0.351. The van der Waals surface area contributed by atoms with Gasteiger partial charge in [-0.2, -0.15) is 0 Å². The van der Waals surface area contributed by atoms with Crippen LogP contribution in [0.4, 0.5) is 11.6 Å². The van der Waals surface area contributed by atoms with Gasteiger partial charge in [0.2, 0.25) is 0 Å². The zero-order chi connectivity index (χ0) is 11.5. The van der Waals surface area contributed by atoms with Crippen molar-refractivity contribution in [2.75, 3.05) is 43.4 Å². The summed E-state index contributed by atoms with van der Waals surface area (Å²) in [7, 11) is 0. The van der Waals surface area contributed by atoms with E-state index in [1.807, 2.05) is 0 Å². The van der Waals surface area contributed by atoms with Crippen molar-refractivity contribution in [1.82, 2.24) is 14.9 Å². The first kappa shape index (κ1) is 11.4. The molecular formula is C10H16ClN5. The van der Waals surface area contributed by atoms with Crippen LogP contribution in [0.2, 0.25) is 5.02 Å². The molecule has 0 amide bonds. The number of nitrogens with two attached hydrogens (primary N) is 1. The van der Waals surface area contributed by atoms with Gasteiger partial charge in [0.15, 0.2) is 5.82 Å². The van der Waals surface area contributed by atoms with E-state index in [1.165, 1.54) is 6.33 Å². The van der Waals surface area contributed by atoms with Crippen LogP contribution in [0.15, 0.2) is 6.33 Å². The Morgan fingerprint density at radius 2 is 2.00 bits per heavy atom. The second kappa shape index (κ2) is 4.84. The molecular weight excluding hydrogens is 226 g/mol. The average molecular weight is 242 g/mol. The fourth-order valence-electron chi connectivity index (χ4n) is 1.87. The topological polar surface area (TPSA) is 58.3 Å². The van der Waals surface area contributed by atoms with Crippen LogP contribution in [0.1, 0.15) is 6.92 Å². The summed E-state index contributed by atoms with van der Waals surface area (Å²) in [6.07, 6.45) is 1.46. The van der Waals surface area contributed by atoms with Crippen molar-refractivity contribution in [2.24, 2.45) is 0 Å². The number of rotatable bonds is 2. The Kier molecular flexibility index (Phi) is 3.46. The molecule has 2 rings (SSSR count). The number of nitrogens with zero attached hydrogens (tertiary/aromatic N) is 4. The number of hydrogen-bond donors (Lipinski definition) is 1. The molecule has 0 atom stereocenters. The molecule has 6 heteroatoms. The molecule has 0 radical (unpaired) electrons. The Labute approximate surface area is 100 Å². The standard InChI is InChI=1S/C10H16ClN5/c1-2-15-3-5-16(6-4-15)10-8(11)9(12)13-7-14-10/h7H,2-6H2,1H3,(H2,12,13,14). The van der Waals surface area contributed by atoms with Gasteiger partial charge in [-0.3, -0.25) is 0 Å². The van der Waals surface area contributed by atoms with E-state index in [1.54, 1.807) is 0 Å². The fraction of sp³-hybridized carbons (Fsp3) is 0.600. The van der Waals surface area contributed by atoms with Gasteiger partial charge in [0, 0.05) is 26.2 Å². The highest BCUT2D eigenvalue weighted by Crippen LogP contribution is 2.27. The summed E-state index contributed by atoms with van der Waals surface area (Å²) >= 11 is 6.09. The second-order valence-corrected chi connectivity index (χ2v) is 4.20. The average Bonchev–Trinajstić information content (AvgIpc) is 2.33. The second-order valence-electron chi connectivity index (χ2n) is 3.82. The van der Waals surface area contributed by atoms with Crippen LogP contribution in [-0.4, -0.2) is 47.6 Å². The normalized spacial score (nSPS) is 17.8. The molecule has 1 aliphatic rings. The summed E-state index contributed by atoms with van der Waals surface area (Å²) in [5.74, 6) is 1.11. The predicted octanol–water partition coefficient (Wildman–Crippen LogP) is 0.854. The molecule has 2 heterocycles. The van der Waals surface area contributed by atoms with E-state index in [2.05, 4.69) is 26.7 Å². The van der Waals surface area contributed by atoms with Crippen LogP contribution in [0.5, 0.6) is 0 Å². The molecule has 0 bridgehead atoms. The number of anilines is 2. The highest BCUT2D eigenvalue weighted by atomic mass is 35.5. The lowest BCUT2D eigenvalue weighted by molar-refractivity contribution is 0.270. The number of hydrogen-bond acceptors (Lipinski definition) is 5. The lowest BCUT2D eigenvalue weighted by atomic mass is 10.3. The van der Waals surface area contributed by atoms with Gasteiger partial charge >= 0.3 is 0 Å². The maximum atomic E-state index is 6.09. The van der Waals surface area contributed by atoms with Crippen molar-refractivity contribution in [2.45, 2.75) is 6.92 Å². The number of halogens is 1. The van der Waals surface area contributed by atoms with Gasteiger partial charge in [-0.15, -0.1) is 0 Å². The summed E-state index contributed by atoms with van der Waals surface area (Å²) in [5.41, 5.74) is 5.66. The van der Waals surface area contributed by atoms with E-state index < -0.39 is 0 Å². The van der Waals surface area contributed by atoms with E-state index in [9.17, 15) is 0 Å². The van der Waals surface area contributed by atoms with Crippen molar-refractivity contribution in [3.63, 3.8) is 0 Å². The number of nitrogen functional groups attached to an aromatic ring is 1. The minimum atomic E-state index is 0.351. The Bertz CT molecular complexity index is 362. The van der Waals surface area contributed by atoms with E-state index in [0.29, 0.717) is 10.8 Å². The lowest BCUT2D eigenvalue weighted by Gasteiger charge is -2.35. The molecule has 0 aliphatic carbocycles. The van der Waals surface area contributed by atoms with E-state index in [-0.39, 0.29) is 0 Å². The molecule has 5 nitrogen and oxygen atoms in total. The van der Waals surface area contributed by atoms with Crippen molar-refractivity contribution in [1.29, 1.82) is 0 Å². The van der Waals surface area contributed by atoms with Crippen molar-refractivity contribution >= 4 is 23.2 Å². The molecule has 1 fully saturated rings. The molecule has 1 aromatic heterocycles. The third-order valence-corrected chi connectivity index (χ3v) is 3.28. The first-order chi connectivity index (χ1) is 7.72. The SMILES string of the molecule is CCN1CCN(c2ncnc(N)c2Cl)CC1. The summed E-state index contributed by atoms with van der Waals surface area (Å²) in [6.45, 7) is 7.21. The highest BCUT2D eigenvalue weighted by molar-refractivity contribution is 6.35. The molecule has 0 saturated carbocycles. The molecule has 0 aromatic carbocycles. The largest absolute Gasteiger partial charge is 0.382 e. The third kappa shape index (κ3) is 2.20. The molecule has 88 valence electrons. The van der Waals surface area contributed by atoms with Gasteiger partial charge in [-0.25, -0.2) is 9.97 Å². The zero-order valence-corrected chi connectivity index (χ0v) is 10.1. The van der Waals surface area contributed by atoms with Crippen molar-refractivity contribution in [3.05, 3.63) is 11.3 Å². The molecule has 1 aliphatic heterocycles. The Morgan fingerprint density at radius 3 is 2.62 bits per heavy atom. The molecule has 1 aromatic rings. The maximum absolute atomic E-state index is 6.09. The summed E-state index contributed by atoms with van der Waals surface area (Å²) < 4.78 is 0. The number of aromatic nitrogens is 2. The minimum Gasteiger partial charge on any atom is -0.382 e. The van der Waals surface area contributed by atoms with Gasteiger partial charge in [0.05, 0.1) is 0 Å². The quantitative estimate of drug-likeness (QED) is 0.832. The number of likely N-dealkylation sites (N-methyl/N-ethyl adjacent to an activating group) is 1. The summed E-state index contributed by atoms with van der Waals surface area (Å²) in [6, 6.07) is 0. The summed E-state index contributed by atoms with van der Waals surface area (Å²) in [5, 5.41) is 0.465. The first-order valence-corrected chi connectivity index (χ1v) is 5.83. The van der Waals surface area contributed by atoms with Crippen LogP contribution in [0, 0.1) is 0 Å². The van der Waals surface area contributed by atoms with Crippen molar-refractivity contribution < 1.29 is 0 Å². The van der Waals surface area contributed by atoms with E-state index >= 15 is 0 Å². The lowest BCUT2D eigenvalue weighted by Crippen LogP contribution is -2.46.